The van der Waals surface area contributed by atoms with E-state index < -0.39 is 10.9 Å². The van der Waals surface area contributed by atoms with Gasteiger partial charge in [0.25, 0.3) is 5.69 Å². The van der Waals surface area contributed by atoms with Crippen LogP contribution in [0.15, 0.2) is 72.8 Å². The molecular formula is C21H17NO5. The topological polar surface area (TPSA) is 89.7 Å². The third kappa shape index (κ3) is 4.70. The van der Waals surface area contributed by atoms with Gasteiger partial charge in [-0.1, -0.05) is 48.5 Å². The number of benzene rings is 3. The summed E-state index contributed by atoms with van der Waals surface area (Å²) in [4.78, 5) is 21.8. The number of non-ortho nitro benzene ring substituents is 1. The van der Waals surface area contributed by atoms with E-state index in [9.17, 15) is 20.0 Å². The van der Waals surface area contributed by atoms with Crippen LogP contribution in [0.5, 0.6) is 5.75 Å². The van der Waals surface area contributed by atoms with Crippen LogP contribution in [0.1, 0.15) is 11.1 Å². The lowest BCUT2D eigenvalue weighted by atomic mass is 10.0. The second-order valence-corrected chi connectivity index (χ2v) is 5.97. The quantitative estimate of drug-likeness (QED) is 0.494. The minimum absolute atomic E-state index is 0.0170. The van der Waals surface area contributed by atoms with Crippen molar-refractivity contribution in [1.29, 1.82) is 0 Å². The number of carbonyl (C=O) groups is 1. The van der Waals surface area contributed by atoms with Gasteiger partial charge < -0.3 is 9.84 Å². The first-order valence-electron chi connectivity index (χ1n) is 8.29. The monoisotopic (exact) mass is 363 g/mol. The molecule has 0 fully saturated rings. The number of hydrogen-bond donors (Lipinski definition) is 1. The fraction of sp³-hybridized carbons (Fsp3) is 0.0952. The molecule has 0 aliphatic carbocycles. The van der Waals surface area contributed by atoms with Gasteiger partial charge in [0.2, 0.25) is 0 Å². The van der Waals surface area contributed by atoms with Crippen LogP contribution in [0.2, 0.25) is 0 Å². The fourth-order valence-electron chi connectivity index (χ4n) is 2.74. The lowest BCUT2D eigenvalue weighted by Gasteiger charge is -2.13. The molecule has 0 amide bonds. The van der Waals surface area contributed by atoms with Gasteiger partial charge in [-0.05, 0) is 28.8 Å². The van der Waals surface area contributed by atoms with Gasteiger partial charge in [-0.25, -0.2) is 0 Å². The SMILES string of the molecule is O=C(O)Cc1cc(-c2cccc([N+](=O)[O-])c2)ccc1OCc1ccccc1. The van der Waals surface area contributed by atoms with Crippen molar-refractivity contribution in [3.05, 3.63) is 94.0 Å². The first kappa shape index (κ1) is 18.1. The van der Waals surface area contributed by atoms with E-state index in [4.69, 9.17) is 4.74 Å². The number of aliphatic carboxylic acids is 1. The van der Waals surface area contributed by atoms with Crippen molar-refractivity contribution in [2.75, 3.05) is 0 Å². The van der Waals surface area contributed by atoms with E-state index in [2.05, 4.69) is 0 Å². The van der Waals surface area contributed by atoms with Crippen molar-refractivity contribution >= 4 is 11.7 Å². The number of hydrogen-bond acceptors (Lipinski definition) is 4. The van der Waals surface area contributed by atoms with Crippen LogP contribution in [0.25, 0.3) is 11.1 Å². The van der Waals surface area contributed by atoms with E-state index in [0.29, 0.717) is 29.0 Å². The lowest BCUT2D eigenvalue weighted by Crippen LogP contribution is -2.04. The number of carboxylic acid groups (broad SMARTS) is 1. The molecule has 0 radical (unpaired) electrons. The Balaban J connectivity index is 1.90. The highest BCUT2D eigenvalue weighted by molar-refractivity contribution is 5.74. The first-order valence-corrected chi connectivity index (χ1v) is 8.29. The molecule has 6 nitrogen and oxygen atoms in total. The molecule has 3 aromatic rings. The van der Waals surface area contributed by atoms with E-state index in [1.54, 1.807) is 30.3 Å². The van der Waals surface area contributed by atoms with Crippen molar-refractivity contribution in [2.45, 2.75) is 13.0 Å². The highest BCUT2D eigenvalue weighted by Gasteiger charge is 2.12. The number of nitrogens with zero attached hydrogens (tertiary/aromatic N) is 1. The molecule has 0 unspecified atom stereocenters. The Labute approximate surface area is 155 Å². The van der Waals surface area contributed by atoms with Crippen LogP contribution >= 0.6 is 0 Å². The number of ether oxygens (including phenoxy) is 1. The molecule has 0 heterocycles. The predicted octanol–water partition coefficient (Wildman–Crippen LogP) is 4.47. The van der Waals surface area contributed by atoms with E-state index in [1.807, 2.05) is 30.3 Å². The summed E-state index contributed by atoms with van der Waals surface area (Å²) in [6.07, 6.45) is -0.201. The van der Waals surface area contributed by atoms with Gasteiger partial charge >= 0.3 is 5.97 Å². The Morgan fingerprint density at radius 2 is 1.70 bits per heavy atom. The average molecular weight is 363 g/mol. The lowest BCUT2D eigenvalue weighted by molar-refractivity contribution is -0.384. The smallest absolute Gasteiger partial charge is 0.307 e. The third-order valence-electron chi connectivity index (χ3n) is 4.03. The van der Waals surface area contributed by atoms with E-state index in [-0.39, 0.29) is 12.1 Å². The molecule has 0 atom stereocenters. The summed E-state index contributed by atoms with van der Waals surface area (Å²) in [5.41, 5.74) is 2.81. The highest BCUT2D eigenvalue weighted by Crippen LogP contribution is 2.29. The largest absolute Gasteiger partial charge is 0.489 e. The van der Waals surface area contributed by atoms with E-state index in [1.165, 1.54) is 12.1 Å². The normalized spacial score (nSPS) is 10.4. The molecule has 136 valence electrons. The summed E-state index contributed by atoms with van der Waals surface area (Å²) in [5.74, 6) is -0.494. The predicted molar refractivity (Wildman–Crippen MR) is 101 cm³/mol. The fourth-order valence-corrected chi connectivity index (χ4v) is 2.74. The molecule has 6 heteroatoms. The zero-order chi connectivity index (χ0) is 19.2. The van der Waals surface area contributed by atoms with Crippen molar-refractivity contribution in [1.82, 2.24) is 0 Å². The Morgan fingerprint density at radius 1 is 0.963 bits per heavy atom. The second-order valence-electron chi connectivity index (χ2n) is 5.97. The van der Waals surface area contributed by atoms with Crippen molar-refractivity contribution in [3.8, 4) is 16.9 Å². The number of carboxylic acids is 1. The maximum atomic E-state index is 11.2. The number of nitro benzene ring substituents is 1. The Bertz CT molecular complexity index is 969. The summed E-state index contributed by atoms with van der Waals surface area (Å²) in [7, 11) is 0. The third-order valence-corrected chi connectivity index (χ3v) is 4.03. The summed E-state index contributed by atoms with van der Waals surface area (Å²) >= 11 is 0. The van der Waals surface area contributed by atoms with Gasteiger partial charge in [-0.2, -0.15) is 0 Å². The van der Waals surface area contributed by atoms with Gasteiger partial charge in [0.1, 0.15) is 12.4 Å². The van der Waals surface area contributed by atoms with E-state index in [0.717, 1.165) is 5.56 Å². The highest BCUT2D eigenvalue weighted by atomic mass is 16.6. The van der Waals surface area contributed by atoms with Gasteiger partial charge in [-0.3, -0.25) is 14.9 Å². The van der Waals surface area contributed by atoms with Crippen LogP contribution in [0.3, 0.4) is 0 Å². The minimum Gasteiger partial charge on any atom is -0.489 e. The summed E-state index contributed by atoms with van der Waals surface area (Å²) in [6.45, 7) is 0.323. The van der Waals surface area contributed by atoms with E-state index >= 15 is 0 Å². The van der Waals surface area contributed by atoms with Crippen molar-refractivity contribution in [3.63, 3.8) is 0 Å². The molecule has 0 bridgehead atoms. The molecule has 0 saturated heterocycles. The van der Waals surface area contributed by atoms with Crippen LogP contribution in [-0.4, -0.2) is 16.0 Å². The molecular weight excluding hydrogens is 346 g/mol. The van der Waals surface area contributed by atoms with Gasteiger partial charge in [0, 0.05) is 17.7 Å². The van der Waals surface area contributed by atoms with Crippen molar-refractivity contribution < 1.29 is 19.6 Å². The summed E-state index contributed by atoms with van der Waals surface area (Å²) in [6, 6.07) is 21.0. The Morgan fingerprint density at radius 3 is 2.41 bits per heavy atom. The Kier molecular flexibility index (Phi) is 5.47. The molecule has 1 N–H and O–H groups in total. The second kappa shape index (κ2) is 8.14. The summed E-state index contributed by atoms with van der Waals surface area (Å²) in [5, 5.41) is 20.2. The molecule has 3 aromatic carbocycles. The number of nitro groups is 1. The molecule has 0 saturated carbocycles. The standard InChI is InChI=1S/C21H17NO5/c23-21(24)13-18-11-17(16-7-4-8-19(12-16)22(25)26)9-10-20(18)27-14-15-5-2-1-3-6-15/h1-12H,13-14H2,(H,23,24). The van der Waals surface area contributed by atoms with Crippen LogP contribution in [0, 0.1) is 10.1 Å². The Hall–Kier alpha value is -3.67. The molecule has 0 aliphatic rings. The van der Waals surface area contributed by atoms with Gasteiger partial charge in [0.15, 0.2) is 0 Å². The van der Waals surface area contributed by atoms with Crippen LogP contribution in [0.4, 0.5) is 5.69 Å². The van der Waals surface area contributed by atoms with Crippen LogP contribution < -0.4 is 4.74 Å². The van der Waals surface area contributed by atoms with Gasteiger partial charge in [0.05, 0.1) is 11.3 Å². The molecule has 0 spiro atoms. The average Bonchev–Trinajstić information content (AvgIpc) is 2.67. The maximum absolute atomic E-state index is 11.2. The zero-order valence-electron chi connectivity index (χ0n) is 14.4. The van der Waals surface area contributed by atoms with Crippen molar-refractivity contribution in [2.24, 2.45) is 0 Å². The van der Waals surface area contributed by atoms with Crippen LogP contribution in [-0.2, 0) is 17.8 Å². The maximum Gasteiger partial charge on any atom is 0.307 e. The molecule has 0 aromatic heterocycles. The zero-order valence-corrected chi connectivity index (χ0v) is 14.4. The molecule has 0 aliphatic heterocycles. The van der Waals surface area contributed by atoms with Gasteiger partial charge in [-0.15, -0.1) is 0 Å². The number of rotatable bonds is 7. The minimum atomic E-state index is -0.976. The molecule has 3 rings (SSSR count). The summed E-state index contributed by atoms with van der Waals surface area (Å²) < 4.78 is 5.81. The first-order chi connectivity index (χ1) is 13.0. The molecule has 27 heavy (non-hydrogen) atoms.